The number of carbonyl (C=O) groups is 1. The largest absolute Gasteiger partial charge is 0.324 e. The zero-order valence-corrected chi connectivity index (χ0v) is 10.9. The summed E-state index contributed by atoms with van der Waals surface area (Å²) in [5.74, 6) is -0.385. The highest BCUT2D eigenvalue weighted by Gasteiger charge is 2.23. The number of hydrogen-bond donors (Lipinski definition) is 2. The maximum absolute atomic E-state index is 11.7. The Balaban J connectivity index is 3.14. The molecule has 0 atom stereocenters. The minimum Gasteiger partial charge on any atom is -0.324 e. The number of nitrogens with one attached hydrogen (secondary N) is 1. The van der Waals surface area contributed by atoms with Crippen molar-refractivity contribution < 1.29 is 9.72 Å². The highest BCUT2D eigenvalue weighted by atomic mass is 16.6. The highest BCUT2D eigenvalue weighted by Crippen LogP contribution is 2.26. The predicted molar refractivity (Wildman–Crippen MR) is 69.5 cm³/mol. The maximum atomic E-state index is 11.7. The number of nitrogens with two attached hydrogens (primary N) is 1. The molecule has 98 valence electrons. The maximum Gasteiger partial charge on any atom is 0.274 e. The normalized spacial score (nSPS) is 11.2. The van der Waals surface area contributed by atoms with Crippen molar-refractivity contribution in [3.8, 4) is 0 Å². The molecule has 0 aliphatic rings. The number of anilines is 1. The van der Waals surface area contributed by atoms with Gasteiger partial charge in [-0.25, -0.2) is 0 Å². The van der Waals surface area contributed by atoms with E-state index in [9.17, 15) is 14.9 Å². The third kappa shape index (κ3) is 3.04. The number of carbonyl (C=O) groups excluding carboxylic acids is 1. The second-order valence-electron chi connectivity index (χ2n) is 4.89. The van der Waals surface area contributed by atoms with E-state index in [0.717, 1.165) is 5.56 Å². The van der Waals surface area contributed by atoms with E-state index < -0.39 is 10.5 Å². The third-order valence-electron chi connectivity index (χ3n) is 2.57. The predicted octanol–water partition coefficient (Wildman–Crippen LogP) is 1.89. The lowest BCUT2D eigenvalue weighted by molar-refractivity contribution is -0.385. The molecule has 0 saturated heterocycles. The van der Waals surface area contributed by atoms with Gasteiger partial charge in [0.2, 0.25) is 5.91 Å². The van der Waals surface area contributed by atoms with Gasteiger partial charge in [0.25, 0.3) is 5.69 Å². The van der Waals surface area contributed by atoms with Gasteiger partial charge in [-0.05, 0) is 39.3 Å². The molecule has 18 heavy (non-hydrogen) atoms. The van der Waals surface area contributed by atoms with Crippen LogP contribution < -0.4 is 11.1 Å². The summed E-state index contributed by atoms with van der Waals surface area (Å²) >= 11 is 0. The topological polar surface area (TPSA) is 98.3 Å². The number of aryl methyl sites for hydroxylation is 2. The second-order valence-corrected chi connectivity index (χ2v) is 4.89. The molecule has 6 heteroatoms. The third-order valence-corrected chi connectivity index (χ3v) is 2.57. The molecule has 0 unspecified atom stereocenters. The molecule has 0 aromatic heterocycles. The van der Waals surface area contributed by atoms with Crippen LogP contribution in [0.25, 0.3) is 0 Å². The Morgan fingerprint density at radius 2 is 1.89 bits per heavy atom. The number of amides is 1. The molecule has 3 N–H and O–H groups in total. The SMILES string of the molecule is Cc1cc(C)c([N+](=O)[O-])cc1NC(=O)C(C)(C)N. The summed E-state index contributed by atoms with van der Waals surface area (Å²) in [6.45, 7) is 6.57. The molecule has 1 aromatic rings. The van der Waals surface area contributed by atoms with Gasteiger partial charge in [0.1, 0.15) is 0 Å². The Hall–Kier alpha value is -1.95. The van der Waals surface area contributed by atoms with Crippen molar-refractivity contribution in [2.45, 2.75) is 33.2 Å². The van der Waals surface area contributed by atoms with Crippen LogP contribution in [0.1, 0.15) is 25.0 Å². The second kappa shape index (κ2) is 4.73. The molecule has 0 heterocycles. The Kier molecular flexibility index (Phi) is 3.71. The molecular formula is C12H17N3O3. The van der Waals surface area contributed by atoms with Crippen LogP contribution in [0.4, 0.5) is 11.4 Å². The van der Waals surface area contributed by atoms with E-state index in [1.807, 2.05) is 0 Å². The lowest BCUT2D eigenvalue weighted by atomic mass is 10.0. The Labute approximate surface area is 105 Å². The van der Waals surface area contributed by atoms with E-state index in [0.29, 0.717) is 11.3 Å². The summed E-state index contributed by atoms with van der Waals surface area (Å²) in [4.78, 5) is 22.1. The fourth-order valence-corrected chi connectivity index (χ4v) is 1.46. The molecule has 0 aliphatic heterocycles. The summed E-state index contributed by atoms with van der Waals surface area (Å²) < 4.78 is 0. The van der Waals surface area contributed by atoms with E-state index in [1.54, 1.807) is 33.8 Å². The quantitative estimate of drug-likeness (QED) is 0.633. The van der Waals surface area contributed by atoms with Gasteiger partial charge in [0.05, 0.1) is 16.1 Å². The molecule has 1 aromatic carbocycles. The minimum atomic E-state index is -1.04. The van der Waals surface area contributed by atoms with Crippen molar-refractivity contribution in [3.63, 3.8) is 0 Å². The van der Waals surface area contributed by atoms with Crippen LogP contribution in [0.2, 0.25) is 0 Å². The molecule has 0 bridgehead atoms. The smallest absolute Gasteiger partial charge is 0.274 e. The first-order chi connectivity index (χ1) is 8.12. The molecule has 1 amide bonds. The number of hydrogen-bond acceptors (Lipinski definition) is 4. The standard InChI is InChI=1S/C12H17N3O3/c1-7-5-8(2)10(15(17)18)6-9(7)14-11(16)12(3,4)13/h5-6H,13H2,1-4H3,(H,14,16). The average Bonchev–Trinajstić information content (AvgIpc) is 2.19. The van der Waals surface area contributed by atoms with E-state index in [1.165, 1.54) is 6.07 Å². The monoisotopic (exact) mass is 251 g/mol. The highest BCUT2D eigenvalue weighted by molar-refractivity contribution is 5.98. The Morgan fingerprint density at radius 3 is 2.33 bits per heavy atom. The molecule has 0 aliphatic carbocycles. The van der Waals surface area contributed by atoms with E-state index in [-0.39, 0.29) is 11.6 Å². The molecular weight excluding hydrogens is 234 g/mol. The van der Waals surface area contributed by atoms with Crippen molar-refractivity contribution in [1.29, 1.82) is 0 Å². The Morgan fingerprint density at radius 1 is 1.33 bits per heavy atom. The van der Waals surface area contributed by atoms with Crippen LogP contribution in [0.15, 0.2) is 12.1 Å². The van der Waals surface area contributed by atoms with Crippen LogP contribution in [0.3, 0.4) is 0 Å². The molecule has 0 saturated carbocycles. The van der Waals surface area contributed by atoms with Gasteiger partial charge in [-0.15, -0.1) is 0 Å². The van der Waals surface area contributed by atoms with Gasteiger partial charge < -0.3 is 11.1 Å². The molecule has 1 rings (SSSR count). The summed E-state index contributed by atoms with van der Waals surface area (Å²) in [7, 11) is 0. The molecule has 6 nitrogen and oxygen atoms in total. The van der Waals surface area contributed by atoms with Crippen LogP contribution in [0.5, 0.6) is 0 Å². The van der Waals surface area contributed by atoms with Gasteiger partial charge in [-0.1, -0.05) is 0 Å². The van der Waals surface area contributed by atoms with Gasteiger partial charge >= 0.3 is 0 Å². The number of rotatable bonds is 3. The zero-order valence-electron chi connectivity index (χ0n) is 10.9. The first kappa shape index (κ1) is 14.1. The Bertz CT molecular complexity index is 504. The van der Waals surface area contributed by atoms with Crippen LogP contribution in [-0.4, -0.2) is 16.4 Å². The number of nitrogens with zero attached hydrogens (tertiary/aromatic N) is 1. The molecule has 0 spiro atoms. The molecule has 0 radical (unpaired) electrons. The lowest BCUT2D eigenvalue weighted by Crippen LogP contribution is -2.45. The van der Waals surface area contributed by atoms with Crippen LogP contribution in [0, 0.1) is 24.0 Å². The summed E-state index contributed by atoms with van der Waals surface area (Å²) in [6, 6.07) is 3.02. The van der Waals surface area contributed by atoms with Crippen molar-refractivity contribution in [2.24, 2.45) is 5.73 Å². The van der Waals surface area contributed by atoms with Gasteiger partial charge in [-0.3, -0.25) is 14.9 Å². The summed E-state index contributed by atoms with van der Waals surface area (Å²) in [5, 5.41) is 13.4. The molecule has 0 fully saturated rings. The van der Waals surface area contributed by atoms with Gasteiger partial charge in [0, 0.05) is 11.6 Å². The summed E-state index contributed by atoms with van der Waals surface area (Å²) in [6.07, 6.45) is 0. The van der Waals surface area contributed by atoms with Crippen LogP contribution in [-0.2, 0) is 4.79 Å². The first-order valence-electron chi connectivity index (χ1n) is 5.49. The van der Waals surface area contributed by atoms with Gasteiger partial charge in [0.15, 0.2) is 0 Å². The fraction of sp³-hybridized carbons (Fsp3) is 0.417. The van der Waals surface area contributed by atoms with Crippen molar-refractivity contribution >= 4 is 17.3 Å². The van der Waals surface area contributed by atoms with E-state index >= 15 is 0 Å². The van der Waals surface area contributed by atoms with E-state index in [2.05, 4.69) is 5.32 Å². The lowest BCUT2D eigenvalue weighted by Gasteiger charge is -2.19. The minimum absolute atomic E-state index is 0.0225. The summed E-state index contributed by atoms with van der Waals surface area (Å²) in [5.41, 5.74) is 6.33. The van der Waals surface area contributed by atoms with Crippen molar-refractivity contribution in [2.75, 3.05) is 5.32 Å². The first-order valence-corrected chi connectivity index (χ1v) is 5.49. The van der Waals surface area contributed by atoms with Crippen LogP contribution >= 0.6 is 0 Å². The van der Waals surface area contributed by atoms with Gasteiger partial charge in [-0.2, -0.15) is 0 Å². The van der Waals surface area contributed by atoms with E-state index in [4.69, 9.17) is 5.73 Å². The van der Waals surface area contributed by atoms with Crippen molar-refractivity contribution in [1.82, 2.24) is 0 Å². The average molecular weight is 251 g/mol. The fourth-order valence-electron chi connectivity index (χ4n) is 1.46. The number of nitro groups is 1. The number of benzene rings is 1. The van der Waals surface area contributed by atoms with Crippen molar-refractivity contribution in [3.05, 3.63) is 33.4 Å². The number of nitro benzene ring substituents is 1. The zero-order chi connectivity index (χ0) is 14.1.